The monoisotopic (exact) mass is 538 g/mol. The average Bonchev–Trinajstić information content (AvgIpc) is 2.92. The van der Waals surface area contributed by atoms with Crippen LogP contribution >= 0.6 is 11.6 Å². The fraction of sp³-hybridized carbons (Fsp3) is 0.214. The Balaban J connectivity index is 1.35. The van der Waals surface area contributed by atoms with E-state index in [0.29, 0.717) is 40.1 Å². The number of esters is 2. The lowest BCUT2D eigenvalue weighted by Crippen LogP contribution is -2.21. The van der Waals surface area contributed by atoms with E-state index in [9.17, 15) is 19.2 Å². The van der Waals surface area contributed by atoms with Gasteiger partial charge in [-0.25, -0.2) is 4.79 Å². The Morgan fingerprint density at radius 3 is 2.05 bits per heavy atom. The van der Waals surface area contributed by atoms with Gasteiger partial charge in [0, 0.05) is 17.8 Å². The van der Waals surface area contributed by atoms with Crippen LogP contribution in [-0.2, 0) is 23.9 Å². The molecule has 0 aliphatic carbocycles. The number of amides is 2. The predicted molar refractivity (Wildman–Crippen MR) is 142 cm³/mol. The molecule has 0 fully saturated rings. The van der Waals surface area contributed by atoms with Crippen molar-refractivity contribution in [3.63, 3.8) is 0 Å². The number of benzene rings is 3. The highest BCUT2D eigenvalue weighted by Gasteiger charge is 2.12. The summed E-state index contributed by atoms with van der Waals surface area (Å²) in [6.45, 7) is 1.72. The molecule has 0 atom stereocenters. The number of hydrogen-bond donors (Lipinski definition) is 2. The van der Waals surface area contributed by atoms with Crippen LogP contribution in [0.25, 0.3) is 0 Å². The van der Waals surface area contributed by atoms with Gasteiger partial charge in [-0.3, -0.25) is 14.4 Å². The average molecular weight is 539 g/mol. The van der Waals surface area contributed by atoms with Crippen molar-refractivity contribution in [3.05, 3.63) is 83.4 Å². The molecule has 3 rings (SSSR count). The second-order valence-electron chi connectivity index (χ2n) is 8.03. The SMILES string of the molecule is CCCOC(=O)c1ccc(NC(=O)COC(=O)CCC(=O)Nc2ccc(Oc3ccccc3Cl)cc2)cc1. The van der Waals surface area contributed by atoms with Gasteiger partial charge in [0.15, 0.2) is 6.61 Å². The van der Waals surface area contributed by atoms with Gasteiger partial charge in [-0.1, -0.05) is 30.7 Å². The van der Waals surface area contributed by atoms with Crippen molar-refractivity contribution < 1.29 is 33.4 Å². The molecule has 0 saturated heterocycles. The summed E-state index contributed by atoms with van der Waals surface area (Å²) >= 11 is 6.08. The third-order valence-corrected chi connectivity index (χ3v) is 5.28. The molecule has 38 heavy (non-hydrogen) atoms. The third-order valence-electron chi connectivity index (χ3n) is 4.96. The van der Waals surface area contributed by atoms with E-state index in [1.165, 1.54) is 12.1 Å². The Hall–Kier alpha value is -4.37. The van der Waals surface area contributed by atoms with Crippen LogP contribution in [-0.4, -0.2) is 37.0 Å². The lowest BCUT2D eigenvalue weighted by atomic mass is 10.2. The Morgan fingerprint density at radius 2 is 1.39 bits per heavy atom. The van der Waals surface area contributed by atoms with Crippen molar-refractivity contribution in [2.45, 2.75) is 26.2 Å². The molecule has 0 saturated carbocycles. The fourth-order valence-corrected chi connectivity index (χ4v) is 3.26. The van der Waals surface area contributed by atoms with Crippen molar-refractivity contribution >= 4 is 46.7 Å². The summed E-state index contributed by atoms with van der Waals surface area (Å²) in [4.78, 5) is 48.0. The second kappa shape index (κ2) is 14.4. The summed E-state index contributed by atoms with van der Waals surface area (Å²) in [5, 5.41) is 5.72. The molecule has 3 aromatic rings. The molecule has 0 radical (unpaired) electrons. The van der Waals surface area contributed by atoms with E-state index in [1.54, 1.807) is 60.7 Å². The summed E-state index contributed by atoms with van der Waals surface area (Å²) in [6, 6.07) is 19.9. The normalized spacial score (nSPS) is 10.3. The number of halogens is 1. The molecule has 2 N–H and O–H groups in total. The Kier molecular flexibility index (Phi) is 10.7. The molecular weight excluding hydrogens is 512 g/mol. The van der Waals surface area contributed by atoms with Crippen LogP contribution < -0.4 is 15.4 Å². The zero-order chi connectivity index (χ0) is 27.3. The highest BCUT2D eigenvalue weighted by atomic mass is 35.5. The predicted octanol–water partition coefficient (Wildman–Crippen LogP) is 5.60. The molecule has 0 unspecified atom stereocenters. The third kappa shape index (κ3) is 9.25. The van der Waals surface area contributed by atoms with Crippen molar-refractivity contribution in [3.8, 4) is 11.5 Å². The minimum atomic E-state index is -0.687. The summed E-state index contributed by atoms with van der Waals surface area (Å²) < 4.78 is 15.7. The zero-order valence-corrected chi connectivity index (χ0v) is 21.5. The Labute approximate surface area is 225 Å². The number of para-hydroxylation sites is 1. The second-order valence-corrected chi connectivity index (χ2v) is 8.43. The van der Waals surface area contributed by atoms with Crippen LogP contribution in [0.1, 0.15) is 36.5 Å². The van der Waals surface area contributed by atoms with Gasteiger partial charge in [-0.15, -0.1) is 0 Å². The van der Waals surface area contributed by atoms with E-state index < -0.39 is 24.5 Å². The molecule has 10 heteroatoms. The lowest BCUT2D eigenvalue weighted by molar-refractivity contribution is -0.147. The first kappa shape index (κ1) is 28.2. The largest absolute Gasteiger partial charge is 0.462 e. The van der Waals surface area contributed by atoms with Gasteiger partial charge >= 0.3 is 11.9 Å². The Bertz CT molecular complexity index is 1260. The molecule has 0 aromatic heterocycles. The van der Waals surface area contributed by atoms with Crippen LogP contribution in [0.5, 0.6) is 11.5 Å². The summed E-state index contributed by atoms with van der Waals surface area (Å²) in [7, 11) is 0. The minimum absolute atomic E-state index is 0.117. The summed E-state index contributed by atoms with van der Waals surface area (Å²) in [5.41, 5.74) is 1.32. The first-order valence-corrected chi connectivity index (χ1v) is 12.3. The van der Waals surface area contributed by atoms with Gasteiger partial charge in [0.2, 0.25) is 5.91 Å². The van der Waals surface area contributed by atoms with Crippen LogP contribution in [0.2, 0.25) is 5.02 Å². The fourth-order valence-electron chi connectivity index (χ4n) is 3.08. The molecule has 0 aliphatic rings. The van der Waals surface area contributed by atoms with Crippen LogP contribution in [0.4, 0.5) is 11.4 Å². The molecular formula is C28H27ClN2O7. The van der Waals surface area contributed by atoms with E-state index in [-0.39, 0.29) is 18.7 Å². The molecule has 0 bridgehead atoms. The summed E-state index contributed by atoms with van der Waals surface area (Å²) in [5.74, 6) is -1.01. The van der Waals surface area contributed by atoms with Gasteiger partial charge in [0.1, 0.15) is 11.5 Å². The van der Waals surface area contributed by atoms with Crippen LogP contribution in [0, 0.1) is 0 Å². The Morgan fingerprint density at radius 1 is 0.763 bits per heavy atom. The van der Waals surface area contributed by atoms with Gasteiger partial charge in [0.05, 0.1) is 23.6 Å². The molecule has 2 amide bonds. The highest BCUT2D eigenvalue weighted by Crippen LogP contribution is 2.29. The maximum absolute atomic E-state index is 12.2. The number of ether oxygens (including phenoxy) is 3. The van der Waals surface area contributed by atoms with E-state index >= 15 is 0 Å². The van der Waals surface area contributed by atoms with Crippen molar-refractivity contribution in [2.75, 3.05) is 23.8 Å². The van der Waals surface area contributed by atoms with Gasteiger partial charge < -0.3 is 24.8 Å². The number of carbonyl (C=O) groups is 4. The number of carbonyl (C=O) groups excluding carboxylic acids is 4. The van der Waals surface area contributed by atoms with Gasteiger partial charge in [0.25, 0.3) is 5.91 Å². The van der Waals surface area contributed by atoms with E-state index in [4.69, 9.17) is 25.8 Å². The standard InChI is InChI=1S/C28H27ClN2O7/c1-2-17-36-28(35)19-7-9-20(10-8-19)31-26(33)18-37-27(34)16-15-25(32)30-21-11-13-22(14-12-21)38-24-6-4-3-5-23(24)29/h3-14H,2,15-18H2,1H3,(H,30,32)(H,31,33). The van der Waals surface area contributed by atoms with E-state index in [1.807, 2.05) is 6.92 Å². The number of nitrogens with one attached hydrogen (secondary N) is 2. The first-order valence-electron chi connectivity index (χ1n) is 11.9. The highest BCUT2D eigenvalue weighted by molar-refractivity contribution is 6.32. The summed E-state index contributed by atoms with van der Waals surface area (Å²) in [6.07, 6.45) is 0.411. The molecule has 0 aliphatic heterocycles. The van der Waals surface area contributed by atoms with Crippen molar-refractivity contribution in [1.82, 2.24) is 0 Å². The zero-order valence-electron chi connectivity index (χ0n) is 20.7. The number of rotatable bonds is 12. The number of anilines is 2. The topological polar surface area (TPSA) is 120 Å². The van der Waals surface area contributed by atoms with Crippen molar-refractivity contribution in [2.24, 2.45) is 0 Å². The van der Waals surface area contributed by atoms with Gasteiger partial charge in [-0.05, 0) is 67.1 Å². The van der Waals surface area contributed by atoms with Gasteiger partial charge in [-0.2, -0.15) is 0 Å². The lowest BCUT2D eigenvalue weighted by Gasteiger charge is -2.09. The van der Waals surface area contributed by atoms with Crippen LogP contribution in [0.15, 0.2) is 72.8 Å². The maximum Gasteiger partial charge on any atom is 0.338 e. The number of hydrogen-bond acceptors (Lipinski definition) is 7. The minimum Gasteiger partial charge on any atom is -0.462 e. The first-order chi connectivity index (χ1) is 18.3. The van der Waals surface area contributed by atoms with Crippen molar-refractivity contribution in [1.29, 1.82) is 0 Å². The molecule has 0 spiro atoms. The maximum atomic E-state index is 12.2. The smallest absolute Gasteiger partial charge is 0.338 e. The molecule has 9 nitrogen and oxygen atoms in total. The molecule has 0 heterocycles. The quantitative estimate of drug-likeness (QED) is 0.288. The molecule has 3 aromatic carbocycles. The van der Waals surface area contributed by atoms with Crippen LogP contribution in [0.3, 0.4) is 0 Å². The molecule has 198 valence electrons. The van der Waals surface area contributed by atoms with E-state index in [2.05, 4.69) is 10.6 Å². The van der Waals surface area contributed by atoms with E-state index in [0.717, 1.165) is 6.42 Å².